The van der Waals surface area contributed by atoms with Gasteiger partial charge in [-0.1, -0.05) is 0 Å². The predicted octanol–water partition coefficient (Wildman–Crippen LogP) is 0.879. The third-order valence-electron chi connectivity index (χ3n) is 2.81. The van der Waals surface area contributed by atoms with Gasteiger partial charge >= 0.3 is 0 Å². The molecule has 1 aromatic rings. The van der Waals surface area contributed by atoms with Crippen molar-refractivity contribution in [2.45, 2.75) is 31.8 Å². The van der Waals surface area contributed by atoms with Crippen molar-refractivity contribution in [2.24, 2.45) is 0 Å². The minimum absolute atomic E-state index is 0.281. The molecule has 0 amide bonds. The molecule has 0 aromatic carbocycles. The van der Waals surface area contributed by atoms with Crippen LogP contribution in [0.5, 0.6) is 0 Å². The molecule has 0 radical (unpaired) electrons. The van der Waals surface area contributed by atoms with E-state index < -0.39 is 0 Å². The van der Waals surface area contributed by atoms with Crippen LogP contribution in [0, 0.1) is 0 Å². The molecule has 1 fully saturated rings. The molecule has 2 rings (SSSR count). The van der Waals surface area contributed by atoms with Gasteiger partial charge in [0.25, 0.3) is 0 Å². The summed E-state index contributed by atoms with van der Waals surface area (Å²) in [6.45, 7) is 4.35. The Kier molecular flexibility index (Phi) is 3.64. The third kappa shape index (κ3) is 2.97. The van der Waals surface area contributed by atoms with E-state index in [0.29, 0.717) is 6.04 Å². The Morgan fingerprint density at radius 2 is 2.47 bits per heavy atom. The Morgan fingerprint density at radius 1 is 1.53 bits per heavy atom. The summed E-state index contributed by atoms with van der Waals surface area (Å²) < 4.78 is 0. The summed E-state index contributed by atoms with van der Waals surface area (Å²) in [7, 11) is 0. The van der Waals surface area contributed by atoms with E-state index in [9.17, 15) is 0 Å². The second-order valence-electron chi connectivity index (χ2n) is 4.06. The third-order valence-corrected chi connectivity index (χ3v) is 2.81. The summed E-state index contributed by atoms with van der Waals surface area (Å²) in [6, 6.07) is 0.847. The topological polar surface area (TPSA) is 49.8 Å². The van der Waals surface area contributed by atoms with E-state index in [1.165, 1.54) is 12.8 Å². The Morgan fingerprint density at radius 3 is 3.13 bits per heavy atom. The Balaban J connectivity index is 1.88. The smallest absolute Gasteiger partial charge is 0.0753 e. The Bertz CT molecular complexity index is 282. The van der Waals surface area contributed by atoms with E-state index in [2.05, 4.69) is 27.5 Å². The molecule has 0 unspecified atom stereocenters. The van der Waals surface area contributed by atoms with Crippen molar-refractivity contribution in [2.75, 3.05) is 13.1 Å². The van der Waals surface area contributed by atoms with Crippen LogP contribution in [0.15, 0.2) is 18.6 Å². The van der Waals surface area contributed by atoms with Gasteiger partial charge in [0.15, 0.2) is 0 Å². The number of hydrogen-bond acceptors (Lipinski definition) is 4. The Hall–Kier alpha value is -1.00. The molecule has 4 heteroatoms. The fraction of sp³-hybridized carbons (Fsp3) is 0.636. The number of piperidine rings is 1. The quantitative estimate of drug-likeness (QED) is 0.771. The van der Waals surface area contributed by atoms with Crippen LogP contribution in [0.3, 0.4) is 0 Å². The largest absolute Gasteiger partial charge is 0.315 e. The number of hydrogen-bond donors (Lipinski definition) is 2. The minimum atomic E-state index is 0.281. The molecule has 0 aliphatic carbocycles. The predicted molar refractivity (Wildman–Crippen MR) is 59.5 cm³/mol. The highest BCUT2D eigenvalue weighted by Gasteiger charge is 2.16. The van der Waals surface area contributed by atoms with Crippen molar-refractivity contribution in [3.05, 3.63) is 24.3 Å². The van der Waals surface area contributed by atoms with Crippen LogP contribution in [0.4, 0.5) is 0 Å². The van der Waals surface area contributed by atoms with Gasteiger partial charge in [-0.2, -0.15) is 0 Å². The van der Waals surface area contributed by atoms with E-state index in [4.69, 9.17) is 0 Å². The first-order valence-corrected chi connectivity index (χ1v) is 5.59. The maximum absolute atomic E-state index is 4.30. The van der Waals surface area contributed by atoms with Crippen LogP contribution in [0.2, 0.25) is 0 Å². The van der Waals surface area contributed by atoms with Crippen molar-refractivity contribution in [3.8, 4) is 0 Å². The normalized spacial score (nSPS) is 23.7. The average Bonchev–Trinajstić information content (AvgIpc) is 2.31. The van der Waals surface area contributed by atoms with E-state index in [1.54, 1.807) is 12.4 Å². The molecule has 0 spiro atoms. The van der Waals surface area contributed by atoms with E-state index in [-0.39, 0.29) is 6.04 Å². The van der Waals surface area contributed by atoms with Crippen molar-refractivity contribution >= 4 is 0 Å². The molecule has 2 atom stereocenters. The van der Waals surface area contributed by atoms with Crippen LogP contribution in [-0.2, 0) is 0 Å². The summed E-state index contributed by atoms with van der Waals surface area (Å²) in [5.74, 6) is 0. The van der Waals surface area contributed by atoms with Gasteiger partial charge in [0.1, 0.15) is 0 Å². The second-order valence-corrected chi connectivity index (χ2v) is 4.06. The molecular weight excluding hydrogens is 188 g/mol. The second kappa shape index (κ2) is 5.19. The van der Waals surface area contributed by atoms with Crippen molar-refractivity contribution in [1.82, 2.24) is 20.6 Å². The Labute approximate surface area is 90.5 Å². The maximum Gasteiger partial charge on any atom is 0.0753 e. The van der Waals surface area contributed by atoms with Crippen molar-refractivity contribution in [3.63, 3.8) is 0 Å². The van der Waals surface area contributed by atoms with Gasteiger partial charge in [0.05, 0.1) is 5.69 Å². The number of rotatable bonds is 3. The fourth-order valence-corrected chi connectivity index (χ4v) is 1.97. The fourth-order valence-electron chi connectivity index (χ4n) is 1.97. The van der Waals surface area contributed by atoms with E-state index >= 15 is 0 Å². The monoisotopic (exact) mass is 206 g/mol. The van der Waals surface area contributed by atoms with Crippen LogP contribution < -0.4 is 10.6 Å². The number of aromatic nitrogens is 2. The average molecular weight is 206 g/mol. The van der Waals surface area contributed by atoms with Gasteiger partial charge in [-0.05, 0) is 26.3 Å². The van der Waals surface area contributed by atoms with E-state index in [0.717, 1.165) is 18.8 Å². The van der Waals surface area contributed by atoms with Gasteiger partial charge in [-0.3, -0.25) is 9.97 Å². The summed E-state index contributed by atoms with van der Waals surface area (Å²) in [4.78, 5) is 8.38. The van der Waals surface area contributed by atoms with Gasteiger partial charge in [-0.15, -0.1) is 0 Å². The van der Waals surface area contributed by atoms with Gasteiger partial charge in [-0.25, -0.2) is 0 Å². The zero-order chi connectivity index (χ0) is 10.5. The summed E-state index contributed by atoms with van der Waals surface area (Å²) in [6.07, 6.45) is 7.78. The lowest BCUT2D eigenvalue weighted by atomic mass is 10.1. The van der Waals surface area contributed by atoms with Gasteiger partial charge in [0, 0.05) is 37.2 Å². The van der Waals surface area contributed by atoms with Gasteiger partial charge < -0.3 is 10.6 Å². The van der Waals surface area contributed by atoms with Crippen molar-refractivity contribution in [1.29, 1.82) is 0 Å². The van der Waals surface area contributed by atoms with Crippen molar-refractivity contribution < 1.29 is 0 Å². The first-order chi connectivity index (χ1) is 7.36. The molecule has 0 saturated carbocycles. The van der Waals surface area contributed by atoms with E-state index in [1.807, 2.05) is 6.20 Å². The molecule has 1 aromatic heterocycles. The molecule has 2 heterocycles. The summed E-state index contributed by atoms with van der Waals surface area (Å²) in [5.41, 5.74) is 1.02. The van der Waals surface area contributed by atoms with Crippen LogP contribution in [0.25, 0.3) is 0 Å². The molecule has 1 aliphatic rings. The van der Waals surface area contributed by atoms with Crippen LogP contribution in [0.1, 0.15) is 31.5 Å². The number of nitrogens with zero attached hydrogens (tertiary/aromatic N) is 2. The summed E-state index contributed by atoms with van der Waals surface area (Å²) in [5, 5.41) is 6.96. The lowest BCUT2D eigenvalue weighted by Gasteiger charge is -2.26. The lowest BCUT2D eigenvalue weighted by Crippen LogP contribution is -2.44. The molecule has 0 bridgehead atoms. The molecule has 4 nitrogen and oxygen atoms in total. The number of nitrogens with one attached hydrogen (secondary N) is 2. The molecule has 82 valence electrons. The zero-order valence-corrected chi connectivity index (χ0v) is 9.11. The molecular formula is C11H18N4. The molecule has 2 N–H and O–H groups in total. The summed E-state index contributed by atoms with van der Waals surface area (Å²) >= 11 is 0. The SMILES string of the molecule is C[C@@H](N[C@@H]1CCCNC1)c1cnccn1. The zero-order valence-electron chi connectivity index (χ0n) is 9.11. The highest BCUT2D eigenvalue weighted by atomic mass is 15.0. The maximum atomic E-state index is 4.30. The van der Waals surface area contributed by atoms with Crippen LogP contribution >= 0.6 is 0 Å². The molecule has 1 saturated heterocycles. The molecule has 1 aliphatic heterocycles. The highest BCUT2D eigenvalue weighted by Crippen LogP contribution is 2.11. The minimum Gasteiger partial charge on any atom is -0.315 e. The lowest BCUT2D eigenvalue weighted by molar-refractivity contribution is 0.359. The van der Waals surface area contributed by atoms with Crippen LogP contribution in [-0.4, -0.2) is 29.1 Å². The molecule has 15 heavy (non-hydrogen) atoms. The first kappa shape index (κ1) is 10.5. The van der Waals surface area contributed by atoms with Gasteiger partial charge in [0.2, 0.25) is 0 Å². The first-order valence-electron chi connectivity index (χ1n) is 5.59. The standard InChI is InChI=1S/C11H18N4/c1-9(11-8-13-5-6-14-11)15-10-3-2-4-12-7-10/h5-6,8-10,12,15H,2-4,7H2,1H3/t9-,10-/m1/s1. The highest BCUT2D eigenvalue weighted by molar-refractivity contribution is 5.01.